The van der Waals surface area contributed by atoms with Crippen LogP contribution in [0.4, 0.5) is 0 Å². The van der Waals surface area contributed by atoms with E-state index in [1.165, 1.54) is 0 Å². The van der Waals surface area contributed by atoms with Gasteiger partial charge in [0.2, 0.25) is 23.6 Å². The fourth-order valence-electron chi connectivity index (χ4n) is 3.21. The summed E-state index contributed by atoms with van der Waals surface area (Å²) in [6, 6.07) is -9.42. The van der Waals surface area contributed by atoms with Gasteiger partial charge in [-0.05, 0) is 12.8 Å². The molecule has 240 valence electrons. The standard InChI is InChI=1S/C22H31N5O16/c23-8(5-15(32)33)18(38)26-11(6-16(34)35)21(41)27-12(7-17(36)37)20(40)24-9(1-3-13(28)29)19(39)25-10(22(42)43)2-4-14(30)31/h8-12H,1-7,23H2,(H,24,40)(H,25,39)(H,26,38)(H,27,41)(H,28,29)(H,30,31)(H,32,33)(H,34,35)(H,36,37)(H,42,43)/t8-,9-,10-,11-,12-/m0/s1. The number of carboxylic acids is 6. The molecule has 0 aromatic rings. The highest BCUT2D eigenvalue weighted by Gasteiger charge is 2.34. The molecule has 0 aromatic heterocycles. The number of carboxylic acid groups (broad SMARTS) is 6. The van der Waals surface area contributed by atoms with E-state index < -0.39 is 135 Å². The Balaban J connectivity index is 5.97. The zero-order chi connectivity index (χ0) is 33.4. The zero-order valence-corrected chi connectivity index (χ0v) is 22.2. The summed E-state index contributed by atoms with van der Waals surface area (Å²) < 4.78 is 0. The number of nitrogens with two attached hydrogens (primary N) is 1. The van der Waals surface area contributed by atoms with Crippen LogP contribution >= 0.6 is 0 Å². The van der Waals surface area contributed by atoms with Crippen molar-refractivity contribution >= 4 is 59.4 Å². The van der Waals surface area contributed by atoms with Crippen molar-refractivity contribution in [3.63, 3.8) is 0 Å². The van der Waals surface area contributed by atoms with E-state index >= 15 is 0 Å². The minimum atomic E-state index is -2.08. The Morgan fingerprint density at radius 3 is 1.14 bits per heavy atom. The van der Waals surface area contributed by atoms with Crippen LogP contribution in [-0.4, -0.2) is 120 Å². The first-order valence-electron chi connectivity index (χ1n) is 12.1. The Morgan fingerprint density at radius 2 is 0.767 bits per heavy atom. The number of carbonyl (C=O) groups is 10. The molecule has 43 heavy (non-hydrogen) atoms. The molecule has 0 radical (unpaired) electrons. The molecule has 0 spiro atoms. The van der Waals surface area contributed by atoms with Crippen molar-refractivity contribution in [1.29, 1.82) is 0 Å². The van der Waals surface area contributed by atoms with Gasteiger partial charge in [-0.2, -0.15) is 0 Å². The molecule has 0 saturated carbocycles. The SMILES string of the molecule is N[C@@H](CC(=O)O)C(=O)N[C@@H](CC(=O)O)C(=O)N[C@@H](CC(=O)O)C(=O)N[C@@H](CCC(=O)O)C(=O)N[C@@H](CCC(=O)O)C(=O)O. The van der Waals surface area contributed by atoms with Crippen LogP contribution in [0.3, 0.4) is 0 Å². The van der Waals surface area contributed by atoms with E-state index in [1.54, 1.807) is 0 Å². The van der Waals surface area contributed by atoms with Crippen molar-refractivity contribution in [3.8, 4) is 0 Å². The molecule has 0 heterocycles. The number of rotatable bonds is 21. The number of amides is 4. The van der Waals surface area contributed by atoms with Gasteiger partial charge in [0.05, 0.1) is 25.3 Å². The molecule has 4 amide bonds. The van der Waals surface area contributed by atoms with Crippen LogP contribution in [0.25, 0.3) is 0 Å². The van der Waals surface area contributed by atoms with E-state index in [-0.39, 0.29) is 0 Å². The number of hydrogen-bond donors (Lipinski definition) is 11. The van der Waals surface area contributed by atoms with Crippen LogP contribution in [-0.2, 0) is 47.9 Å². The summed E-state index contributed by atoms with van der Waals surface area (Å²) in [7, 11) is 0. The predicted molar refractivity (Wildman–Crippen MR) is 134 cm³/mol. The van der Waals surface area contributed by atoms with Crippen LogP contribution in [0, 0.1) is 0 Å². The van der Waals surface area contributed by atoms with Gasteiger partial charge in [-0.3, -0.25) is 43.2 Å². The summed E-state index contributed by atoms with van der Waals surface area (Å²) in [5.74, 6) is -14.8. The second-order valence-corrected chi connectivity index (χ2v) is 8.85. The lowest BCUT2D eigenvalue weighted by atomic mass is 10.1. The molecule has 0 aliphatic heterocycles. The molecule has 0 unspecified atom stereocenters. The van der Waals surface area contributed by atoms with Gasteiger partial charge in [0.25, 0.3) is 0 Å². The van der Waals surface area contributed by atoms with Crippen LogP contribution in [0.2, 0.25) is 0 Å². The summed E-state index contributed by atoms with van der Waals surface area (Å²) in [6.07, 6.45) is -5.96. The van der Waals surface area contributed by atoms with E-state index in [9.17, 15) is 58.2 Å². The average Bonchev–Trinajstić information content (AvgIpc) is 2.86. The third-order valence-electron chi connectivity index (χ3n) is 5.30. The minimum absolute atomic E-state index is 0.597. The third-order valence-corrected chi connectivity index (χ3v) is 5.30. The summed E-state index contributed by atoms with van der Waals surface area (Å²) in [5, 5.41) is 61.6. The largest absolute Gasteiger partial charge is 0.481 e. The van der Waals surface area contributed by atoms with Gasteiger partial charge in [-0.25, -0.2) is 4.79 Å². The van der Waals surface area contributed by atoms with Crippen molar-refractivity contribution in [1.82, 2.24) is 21.3 Å². The monoisotopic (exact) mass is 621 g/mol. The third kappa shape index (κ3) is 15.9. The maximum Gasteiger partial charge on any atom is 0.326 e. The molecule has 0 aromatic carbocycles. The lowest BCUT2D eigenvalue weighted by molar-refractivity contribution is -0.145. The predicted octanol–water partition coefficient (Wildman–Crippen LogP) is -4.51. The number of hydrogen-bond acceptors (Lipinski definition) is 11. The summed E-state index contributed by atoms with van der Waals surface area (Å²) in [6.45, 7) is 0. The highest BCUT2D eigenvalue weighted by Crippen LogP contribution is 2.06. The number of carbonyl (C=O) groups excluding carboxylic acids is 4. The van der Waals surface area contributed by atoms with Crippen LogP contribution < -0.4 is 27.0 Å². The molecule has 0 aliphatic rings. The molecular weight excluding hydrogens is 590 g/mol. The fourth-order valence-corrected chi connectivity index (χ4v) is 3.21. The van der Waals surface area contributed by atoms with E-state index in [2.05, 4.69) is 0 Å². The Morgan fingerprint density at radius 1 is 0.442 bits per heavy atom. The molecule has 5 atom stereocenters. The lowest BCUT2D eigenvalue weighted by Crippen LogP contribution is -2.59. The Hall–Kier alpha value is -5.34. The topological polar surface area (TPSA) is 366 Å². The maximum absolute atomic E-state index is 12.9. The van der Waals surface area contributed by atoms with Crippen molar-refractivity contribution < 1.29 is 78.6 Å². The van der Waals surface area contributed by atoms with Crippen molar-refractivity contribution in [2.45, 2.75) is 75.2 Å². The first-order valence-corrected chi connectivity index (χ1v) is 12.1. The van der Waals surface area contributed by atoms with Crippen LogP contribution in [0.5, 0.6) is 0 Å². The van der Waals surface area contributed by atoms with Crippen molar-refractivity contribution in [2.75, 3.05) is 0 Å². The molecule has 0 fully saturated rings. The minimum Gasteiger partial charge on any atom is -0.481 e. The molecule has 12 N–H and O–H groups in total. The average molecular weight is 622 g/mol. The molecule has 0 rings (SSSR count). The van der Waals surface area contributed by atoms with Crippen molar-refractivity contribution in [3.05, 3.63) is 0 Å². The van der Waals surface area contributed by atoms with E-state index in [1.807, 2.05) is 21.3 Å². The Bertz CT molecular complexity index is 1120. The number of aliphatic carboxylic acids is 6. The van der Waals surface area contributed by atoms with Gasteiger partial charge in [-0.1, -0.05) is 0 Å². The molecule has 21 heteroatoms. The van der Waals surface area contributed by atoms with E-state index in [4.69, 9.17) is 26.2 Å². The van der Waals surface area contributed by atoms with E-state index in [0.29, 0.717) is 0 Å². The molecule has 0 aliphatic carbocycles. The Labute approximate surface area is 240 Å². The van der Waals surface area contributed by atoms with Gasteiger partial charge in [0.15, 0.2) is 0 Å². The molecule has 0 bridgehead atoms. The van der Waals surface area contributed by atoms with Crippen molar-refractivity contribution in [2.24, 2.45) is 5.73 Å². The van der Waals surface area contributed by atoms with Gasteiger partial charge >= 0.3 is 35.8 Å². The fraction of sp³-hybridized carbons (Fsp3) is 0.545. The molecule has 0 saturated heterocycles. The summed E-state index contributed by atoms with van der Waals surface area (Å²) in [5.41, 5.74) is 5.37. The van der Waals surface area contributed by atoms with Gasteiger partial charge in [0, 0.05) is 12.8 Å². The smallest absolute Gasteiger partial charge is 0.326 e. The molecule has 21 nitrogen and oxygen atoms in total. The van der Waals surface area contributed by atoms with Crippen LogP contribution in [0.15, 0.2) is 0 Å². The quantitative estimate of drug-likeness (QED) is 0.0575. The second kappa shape index (κ2) is 18.2. The Kier molecular flexibility index (Phi) is 15.9. The zero-order valence-electron chi connectivity index (χ0n) is 22.2. The van der Waals surface area contributed by atoms with Gasteiger partial charge in [0.1, 0.15) is 24.2 Å². The first-order chi connectivity index (χ1) is 19.8. The molecular formula is C22H31N5O16. The highest BCUT2D eigenvalue weighted by atomic mass is 16.4. The van der Waals surface area contributed by atoms with Crippen LogP contribution in [0.1, 0.15) is 44.9 Å². The maximum atomic E-state index is 12.9. The number of nitrogens with one attached hydrogen (secondary N) is 4. The van der Waals surface area contributed by atoms with Gasteiger partial charge < -0.3 is 57.6 Å². The normalized spacial score (nSPS) is 14.0. The highest BCUT2D eigenvalue weighted by molar-refractivity contribution is 5.98. The summed E-state index contributed by atoms with van der Waals surface area (Å²) in [4.78, 5) is 117. The van der Waals surface area contributed by atoms with Gasteiger partial charge in [-0.15, -0.1) is 0 Å². The summed E-state index contributed by atoms with van der Waals surface area (Å²) >= 11 is 0. The first kappa shape index (κ1) is 37.7. The lowest BCUT2D eigenvalue weighted by Gasteiger charge is -2.25. The second-order valence-electron chi connectivity index (χ2n) is 8.85. The van der Waals surface area contributed by atoms with E-state index in [0.717, 1.165) is 0 Å².